The summed E-state index contributed by atoms with van der Waals surface area (Å²) in [7, 11) is -2.25. The number of nitrogens with one attached hydrogen (secondary N) is 1. The van der Waals surface area contributed by atoms with Gasteiger partial charge in [-0.15, -0.1) is 0 Å². The molecular weight excluding hydrogens is 450 g/mol. The Morgan fingerprint density at radius 2 is 1.78 bits per heavy atom. The minimum absolute atomic E-state index is 0.264. The second-order valence-corrected chi connectivity index (χ2v) is 10.3. The van der Waals surface area contributed by atoms with Crippen LogP contribution >= 0.6 is 11.6 Å². The Morgan fingerprint density at radius 3 is 2.34 bits per heavy atom. The van der Waals surface area contributed by atoms with Crippen molar-refractivity contribution in [1.29, 1.82) is 0 Å². The summed E-state index contributed by atoms with van der Waals surface area (Å²) in [6.45, 7) is 5.09. The van der Waals surface area contributed by atoms with Gasteiger partial charge in [-0.3, -0.25) is 14.0 Å². The molecule has 1 heterocycles. The number of methoxy groups -OCH3 is 1. The summed E-state index contributed by atoms with van der Waals surface area (Å²) in [4.78, 5) is 15.2. The highest BCUT2D eigenvalue weighted by molar-refractivity contribution is 7.92. The first-order valence-corrected chi connectivity index (χ1v) is 12.8. The van der Waals surface area contributed by atoms with Crippen molar-refractivity contribution in [3.8, 4) is 5.75 Å². The van der Waals surface area contributed by atoms with Gasteiger partial charge in [0.15, 0.2) is 0 Å². The Kier molecular flexibility index (Phi) is 8.03. The molecule has 174 valence electrons. The van der Waals surface area contributed by atoms with Gasteiger partial charge in [0, 0.05) is 13.1 Å². The third-order valence-corrected chi connectivity index (χ3v) is 7.11. The zero-order valence-corrected chi connectivity index (χ0v) is 20.2. The van der Waals surface area contributed by atoms with Crippen LogP contribution in [0.1, 0.15) is 30.9 Å². The number of amides is 1. The number of hydrogen-bond acceptors (Lipinski definition) is 5. The van der Waals surface area contributed by atoms with E-state index in [1.165, 1.54) is 31.6 Å². The Balaban J connectivity index is 1.65. The van der Waals surface area contributed by atoms with E-state index in [1.807, 2.05) is 12.1 Å². The summed E-state index contributed by atoms with van der Waals surface area (Å²) in [5.74, 6) is 0.0256. The van der Waals surface area contributed by atoms with Crippen LogP contribution in [-0.4, -0.2) is 51.7 Å². The van der Waals surface area contributed by atoms with Crippen molar-refractivity contribution in [2.45, 2.75) is 38.9 Å². The Morgan fingerprint density at radius 1 is 1.16 bits per heavy atom. The average Bonchev–Trinajstić information content (AvgIpc) is 3.25. The smallest absolute Gasteiger partial charge is 0.243 e. The number of ether oxygens (including phenoxy) is 1. The van der Waals surface area contributed by atoms with Crippen LogP contribution < -0.4 is 14.4 Å². The molecular formula is C23H30ClN3O4S. The number of rotatable bonds is 9. The highest BCUT2D eigenvalue weighted by Crippen LogP contribution is 2.31. The number of sulfonamides is 1. The largest absolute Gasteiger partial charge is 0.495 e. The first-order chi connectivity index (χ1) is 15.2. The fraction of sp³-hybridized carbons (Fsp3) is 0.435. The van der Waals surface area contributed by atoms with Crippen LogP contribution in [0.2, 0.25) is 5.02 Å². The van der Waals surface area contributed by atoms with Crippen LogP contribution in [0.4, 0.5) is 5.69 Å². The average molecular weight is 480 g/mol. The van der Waals surface area contributed by atoms with E-state index in [0.29, 0.717) is 18.0 Å². The molecule has 1 saturated heterocycles. The van der Waals surface area contributed by atoms with Crippen LogP contribution in [0.15, 0.2) is 42.5 Å². The third kappa shape index (κ3) is 6.15. The van der Waals surface area contributed by atoms with Crippen molar-refractivity contribution in [1.82, 2.24) is 10.2 Å². The molecule has 1 fully saturated rings. The highest BCUT2D eigenvalue weighted by Gasteiger charge is 2.29. The van der Waals surface area contributed by atoms with Gasteiger partial charge in [-0.25, -0.2) is 8.42 Å². The van der Waals surface area contributed by atoms with E-state index in [-0.39, 0.29) is 5.02 Å². The molecule has 1 amide bonds. The zero-order chi connectivity index (χ0) is 23.3. The lowest BCUT2D eigenvalue weighted by Crippen LogP contribution is -2.47. The molecule has 0 aromatic heterocycles. The fourth-order valence-corrected chi connectivity index (χ4v) is 5.32. The van der Waals surface area contributed by atoms with E-state index in [1.54, 1.807) is 19.1 Å². The van der Waals surface area contributed by atoms with Gasteiger partial charge in [0.25, 0.3) is 0 Å². The number of hydrogen-bond donors (Lipinski definition) is 1. The molecule has 1 aliphatic heterocycles. The van der Waals surface area contributed by atoms with Crippen LogP contribution in [-0.2, 0) is 27.9 Å². The zero-order valence-electron chi connectivity index (χ0n) is 18.7. The predicted molar refractivity (Wildman–Crippen MR) is 128 cm³/mol. The lowest BCUT2D eigenvalue weighted by Gasteiger charge is -2.28. The summed E-state index contributed by atoms with van der Waals surface area (Å²) in [5, 5.41) is 3.10. The number of carbonyl (C=O) groups is 1. The SMILES string of the molecule is COc1ccc(N([C@H](C)C(=O)NCc2ccc(CN3CCCC3)cc2)S(C)(=O)=O)cc1Cl. The van der Waals surface area contributed by atoms with Crippen LogP contribution in [0.25, 0.3) is 0 Å². The van der Waals surface area contributed by atoms with Crippen LogP contribution in [0.5, 0.6) is 5.75 Å². The van der Waals surface area contributed by atoms with Crippen molar-refractivity contribution in [3.63, 3.8) is 0 Å². The van der Waals surface area contributed by atoms with Crippen molar-refractivity contribution in [3.05, 3.63) is 58.6 Å². The van der Waals surface area contributed by atoms with E-state index in [9.17, 15) is 13.2 Å². The minimum atomic E-state index is -3.73. The quantitative estimate of drug-likeness (QED) is 0.596. The first-order valence-electron chi connectivity index (χ1n) is 10.6. The van der Waals surface area contributed by atoms with Gasteiger partial charge < -0.3 is 10.1 Å². The van der Waals surface area contributed by atoms with Gasteiger partial charge in [0.1, 0.15) is 11.8 Å². The molecule has 2 aromatic rings. The fourth-order valence-electron chi connectivity index (χ4n) is 3.90. The molecule has 9 heteroatoms. The lowest BCUT2D eigenvalue weighted by atomic mass is 10.1. The number of likely N-dealkylation sites (tertiary alicyclic amines) is 1. The standard InChI is InChI=1S/C23H30ClN3O4S/c1-17(27(32(3,29)30)20-10-11-22(31-2)21(24)14-20)23(28)25-15-18-6-8-19(9-7-18)16-26-12-4-5-13-26/h6-11,14,17H,4-5,12-13,15-16H2,1-3H3,(H,25,28)/t17-/m1/s1. The normalized spacial score (nSPS) is 15.4. The van der Waals surface area contributed by atoms with Gasteiger partial charge >= 0.3 is 0 Å². The Bertz CT molecular complexity index is 1040. The molecule has 0 aliphatic carbocycles. The second kappa shape index (κ2) is 10.6. The van der Waals surface area contributed by atoms with E-state index in [2.05, 4.69) is 22.3 Å². The van der Waals surface area contributed by atoms with Crippen LogP contribution in [0, 0.1) is 0 Å². The number of halogens is 1. The molecule has 0 radical (unpaired) electrons. The Hall–Kier alpha value is -2.29. The summed E-state index contributed by atoms with van der Waals surface area (Å²) in [5.41, 5.74) is 2.50. The van der Waals surface area contributed by atoms with E-state index in [0.717, 1.165) is 35.8 Å². The Labute approximate surface area is 195 Å². The first kappa shape index (κ1) is 24.4. The molecule has 1 atom stereocenters. The maximum absolute atomic E-state index is 12.8. The second-order valence-electron chi connectivity index (χ2n) is 8.07. The van der Waals surface area contributed by atoms with Crippen molar-refractivity contribution in [2.24, 2.45) is 0 Å². The predicted octanol–water partition coefficient (Wildman–Crippen LogP) is 3.42. The summed E-state index contributed by atoms with van der Waals surface area (Å²) < 4.78 is 31.1. The van der Waals surface area contributed by atoms with Gasteiger partial charge in [-0.05, 0) is 62.2 Å². The van der Waals surface area contributed by atoms with E-state index in [4.69, 9.17) is 16.3 Å². The number of nitrogens with zero attached hydrogens (tertiary/aromatic N) is 2. The summed E-state index contributed by atoms with van der Waals surface area (Å²) in [6.07, 6.45) is 3.58. The molecule has 3 rings (SSSR count). The molecule has 1 N–H and O–H groups in total. The molecule has 0 spiro atoms. The van der Waals surface area contributed by atoms with Gasteiger partial charge in [-0.2, -0.15) is 0 Å². The maximum Gasteiger partial charge on any atom is 0.243 e. The summed E-state index contributed by atoms with van der Waals surface area (Å²) >= 11 is 6.17. The molecule has 32 heavy (non-hydrogen) atoms. The summed E-state index contributed by atoms with van der Waals surface area (Å²) in [6, 6.07) is 11.8. The van der Waals surface area contributed by atoms with Crippen LogP contribution in [0.3, 0.4) is 0 Å². The molecule has 7 nitrogen and oxygen atoms in total. The molecule has 0 saturated carbocycles. The topological polar surface area (TPSA) is 79.0 Å². The molecule has 2 aromatic carbocycles. The number of anilines is 1. The van der Waals surface area contributed by atoms with Crippen molar-refractivity contribution >= 4 is 33.2 Å². The monoisotopic (exact) mass is 479 g/mol. The molecule has 0 unspecified atom stereocenters. The lowest BCUT2D eigenvalue weighted by molar-refractivity contribution is -0.122. The maximum atomic E-state index is 12.8. The van der Waals surface area contributed by atoms with E-state index < -0.39 is 22.0 Å². The molecule has 0 bridgehead atoms. The van der Waals surface area contributed by atoms with Gasteiger partial charge in [-0.1, -0.05) is 35.9 Å². The number of benzene rings is 2. The third-order valence-electron chi connectivity index (χ3n) is 5.57. The minimum Gasteiger partial charge on any atom is -0.495 e. The number of carbonyl (C=O) groups excluding carboxylic acids is 1. The van der Waals surface area contributed by atoms with E-state index >= 15 is 0 Å². The van der Waals surface area contributed by atoms with Crippen molar-refractivity contribution in [2.75, 3.05) is 30.8 Å². The highest BCUT2D eigenvalue weighted by atomic mass is 35.5. The molecule has 1 aliphatic rings. The van der Waals surface area contributed by atoms with Gasteiger partial charge in [0.05, 0.1) is 24.1 Å². The van der Waals surface area contributed by atoms with Crippen molar-refractivity contribution < 1.29 is 17.9 Å². The van der Waals surface area contributed by atoms with Gasteiger partial charge in [0.2, 0.25) is 15.9 Å².